The number of benzene rings is 1. The second-order valence-electron chi connectivity index (χ2n) is 4.26. The Morgan fingerprint density at radius 3 is 2.48 bits per heavy atom. The number of hydrogen-bond acceptors (Lipinski definition) is 5. The molecule has 0 aromatic heterocycles. The molecule has 0 saturated heterocycles. The molecule has 0 aliphatic carbocycles. The lowest BCUT2D eigenvalue weighted by Crippen LogP contribution is -2.33. The summed E-state index contributed by atoms with van der Waals surface area (Å²) in [5, 5.41) is 19.0. The molecule has 0 fully saturated rings. The first kappa shape index (κ1) is 16.4. The third-order valence-corrected chi connectivity index (χ3v) is 2.61. The summed E-state index contributed by atoms with van der Waals surface area (Å²) in [5.41, 5.74) is 0.426. The van der Waals surface area contributed by atoms with Crippen LogP contribution in [-0.2, 0) is 4.79 Å². The fourth-order valence-corrected chi connectivity index (χ4v) is 1.68. The van der Waals surface area contributed by atoms with Gasteiger partial charge < -0.3 is 16.0 Å². The first-order valence-corrected chi connectivity index (χ1v) is 6.50. The molecule has 2 amide bonds. The largest absolute Gasteiger partial charge is 0.380 e. The second-order valence-corrected chi connectivity index (χ2v) is 4.26. The molecule has 0 saturated carbocycles. The zero-order chi connectivity index (χ0) is 15.8. The van der Waals surface area contributed by atoms with E-state index in [2.05, 4.69) is 16.0 Å². The molecule has 21 heavy (non-hydrogen) atoms. The van der Waals surface area contributed by atoms with E-state index in [4.69, 9.17) is 0 Å². The van der Waals surface area contributed by atoms with Crippen molar-refractivity contribution < 1.29 is 14.5 Å². The summed E-state index contributed by atoms with van der Waals surface area (Å²) in [5.74, 6) is -0.610. The Kier molecular flexibility index (Phi) is 6.12. The van der Waals surface area contributed by atoms with Crippen LogP contribution in [0, 0.1) is 10.1 Å². The average Bonchev–Trinajstić information content (AvgIpc) is 2.43. The molecule has 3 N–H and O–H groups in total. The molecule has 0 radical (unpaired) electrons. The molecular weight excluding hydrogens is 276 g/mol. The lowest BCUT2D eigenvalue weighted by Gasteiger charge is -2.08. The van der Waals surface area contributed by atoms with Crippen molar-refractivity contribution in [2.45, 2.75) is 13.8 Å². The minimum atomic E-state index is -0.536. The first-order valence-electron chi connectivity index (χ1n) is 6.50. The van der Waals surface area contributed by atoms with Crippen LogP contribution in [0.2, 0.25) is 0 Å². The monoisotopic (exact) mass is 294 g/mol. The van der Waals surface area contributed by atoms with Crippen molar-refractivity contribution in [1.82, 2.24) is 10.6 Å². The van der Waals surface area contributed by atoms with Crippen LogP contribution in [0.5, 0.6) is 0 Å². The van der Waals surface area contributed by atoms with Gasteiger partial charge in [0.1, 0.15) is 5.69 Å². The van der Waals surface area contributed by atoms with Gasteiger partial charge in [0.15, 0.2) is 0 Å². The number of nitro benzene ring substituents is 1. The number of carbonyl (C=O) groups excluding carboxylic acids is 2. The van der Waals surface area contributed by atoms with Gasteiger partial charge in [0.2, 0.25) is 5.91 Å². The topological polar surface area (TPSA) is 113 Å². The van der Waals surface area contributed by atoms with Crippen LogP contribution in [0.15, 0.2) is 18.2 Å². The van der Waals surface area contributed by atoms with Crippen LogP contribution in [-0.4, -0.2) is 36.4 Å². The smallest absolute Gasteiger partial charge is 0.293 e. The molecule has 1 aromatic carbocycles. The Labute approximate surface area is 122 Å². The van der Waals surface area contributed by atoms with Gasteiger partial charge >= 0.3 is 0 Å². The summed E-state index contributed by atoms with van der Waals surface area (Å²) in [6, 6.07) is 4.24. The van der Waals surface area contributed by atoms with Crippen LogP contribution in [0.4, 0.5) is 11.4 Å². The number of hydrogen-bond donors (Lipinski definition) is 3. The summed E-state index contributed by atoms with van der Waals surface area (Å²) >= 11 is 0. The maximum atomic E-state index is 11.9. The standard InChI is InChI=1S/C13H18N4O4/c1-3-14-11-5-4-10(8-12(11)17(20)21)13(19)16-7-6-15-9(2)18/h4-5,8,14H,3,6-7H2,1-2H3,(H,15,18)(H,16,19). The highest BCUT2D eigenvalue weighted by atomic mass is 16.6. The van der Waals surface area contributed by atoms with E-state index in [1.807, 2.05) is 6.92 Å². The summed E-state index contributed by atoms with van der Waals surface area (Å²) in [7, 11) is 0. The van der Waals surface area contributed by atoms with Crippen molar-refractivity contribution in [2.24, 2.45) is 0 Å². The van der Waals surface area contributed by atoms with Gasteiger partial charge in [0.25, 0.3) is 11.6 Å². The van der Waals surface area contributed by atoms with E-state index in [1.54, 1.807) is 0 Å². The van der Waals surface area contributed by atoms with Crippen molar-refractivity contribution in [2.75, 3.05) is 25.0 Å². The molecule has 0 aliphatic heterocycles. The van der Waals surface area contributed by atoms with Crippen LogP contribution in [0.3, 0.4) is 0 Å². The molecule has 0 aliphatic rings. The summed E-state index contributed by atoms with van der Waals surface area (Å²) in [6.45, 7) is 4.31. The van der Waals surface area contributed by atoms with E-state index in [9.17, 15) is 19.7 Å². The van der Waals surface area contributed by atoms with Gasteiger partial charge in [-0.25, -0.2) is 0 Å². The van der Waals surface area contributed by atoms with Crippen molar-refractivity contribution >= 4 is 23.2 Å². The van der Waals surface area contributed by atoms with Gasteiger partial charge in [-0.05, 0) is 19.1 Å². The highest BCUT2D eigenvalue weighted by Gasteiger charge is 2.16. The van der Waals surface area contributed by atoms with Crippen molar-refractivity contribution in [3.8, 4) is 0 Å². The quantitative estimate of drug-likeness (QED) is 0.392. The first-order chi connectivity index (χ1) is 9.95. The molecule has 8 nitrogen and oxygen atoms in total. The molecule has 1 aromatic rings. The molecule has 1 rings (SSSR count). The van der Waals surface area contributed by atoms with Gasteiger partial charge in [-0.1, -0.05) is 0 Å². The number of amides is 2. The van der Waals surface area contributed by atoms with Crippen LogP contribution in [0.1, 0.15) is 24.2 Å². The molecule has 0 unspecified atom stereocenters. The Hall–Kier alpha value is -2.64. The minimum absolute atomic E-state index is 0.147. The molecular formula is C13H18N4O4. The Bertz CT molecular complexity index is 545. The number of rotatable bonds is 7. The maximum absolute atomic E-state index is 11.9. The van der Waals surface area contributed by atoms with Gasteiger partial charge in [0, 0.05) is 38.2 Å². The molecule has 0 heterocycles. The summed E-state index contributed by atoms with van der Waals surface area (Å²) < 4.78 is 0. The molecule has 8 heteroatoms. The number of nitro groups is 1. The van der Waals surface area contributed by atoms with E-state index >= 15 is 0 Å². The lowest BCUT2D eigenvalue weighted by molar-refractivity contribution is -0.384. The third-order valence-electron chi connectivity index (χ3n) is 2.61. The highest BCUT2D eigenvalue weighted by molar-refractivity contribution is 5.95. The van der Waals surface area contributed by atoms with E-state index in [1.165, 1.54) is 25.1 Å². The van der Waals surface area contributed by atoms with E-state index < -0.39 is 10.8 Å². The zero-order valence-electron chi connectivity index (χ0n) is 11.9. The normalized spacial score (nSPS) is 9.81. The van der Waals surface area contributed by atoms with E-state index in [0.29, 0.717) is 18.8 Å². The molecule has 114 valence electrons. The van der Waals surface area contributed by atoms with Crippen LogP contribution >= 0.6 is 0 Å². The predicted octanol–water partition coefficient (Wildman–Crippen LogP) is 0.892. The van der Waals surface area contributed by atoms with Crippen molar-refractivity contribution in [3.05, 3.63) is 33.9 Å². The maximum Gasteiger partial charge on any atom is 0.293 e. The Morgan fingerprint density at radius 2 is 1.90 bits per heavy atom. The van der Waals surface area contributed by atoms with Crippen molar-refractivity contribution in [1.29, 1.82) is 0 Å². The van der Waals surface area contributed by atoms with E-state index in [0.717, 1.165) is 0 Å². The Morgan fingerprint density at radius 1 is 1.24 bits per heavy atom. The number of nitrogens with one attached hydrogen (secondary N) is 3. The zero-order valence-corrected chi connectivity index (χ0v) is 11.9. The van der Waals surface area contributed by atoms with Crippen LogP contribution in [0.25, 0.3) is 0 Å². The van der Waals surface area contributed by atoms with Gasteiger partial charge in [-0.2, -0.15) is 0 Å². The number of nitrogens with zero attached hydrogens (tertiary/aromatic N) is 1. The fourth-order valence-electron chi connectivity index (χ4n) is 1.68. The lowest BCUT2D eigenvalue weighted by atomic mass is 10.1. The minimum Gasteiger partial charge on any atom is -0.380 e. The van der Waals surface area contributed by atoms with Gasteiger partial charge in [-0.15, -0.1) is 0 Å². The SMILES string of the molecule is CCNc1ccc(C(=O)NCCNC(C)=O)cc1[N+](=O)[O-]. The molecule has 0 spiro atoms. The van der Waals surface area contributed by atoms with Crippen LogP contribution < -0.4 is 16.0 Å². The fraction of sp³-hybridized carbons (Fsp3) is 0.385. The molecule has 0 bridgehead atoms. The summed E-state index contributed by atoms with van der Waals surface area (Å²) in [6.07, 6.45) is 0. The Balaban J connectivity index is 2.74. The van der Waals surface area contributed by atoms with Gasteiger partial charge in [-0.3, -0.25) is 19.7 Å². The van der Waals surface area contributed by atoms with Crippen molar-refractivity contribution in [3.63, 3.8) is 0 Å². The predicted molar refractivity (Wildman–Crippen MR) is 78.3 cm³/mol. The summed E-state index contributed by atoms with van der Waals surface area (Å²) in [4.78, 5) is 33.0. The number of anilines is 1. The number of carbonyl (C=O) groups is 2. The average molecular weight is 294 g/mol. The van der Waals surface area contributed by atoms with Gasteiger partial charge in [0.05, 0.1) is 4.92 Å². The molecule has 0 atom stereocenters. The second kappa shape index (κ2) is 7.83. The highest BCUT2D eigenvalue weighted by Crippen LogP contribution is 2.25. The third kappa shape index (κ3) is 5.09. The van der Waals surface area contributed by atoms with E-state index in [-0.39, 0.29) is 23.7 Å².